The number of ether oxygens (including phenoxy) is 1. The van der Waals surface area contributed by atoms with Crippen molar-refractivity contribution in [2.75, 3.05) is 31.2 Å². The number of carboxylic acid groups (broad SMARTS) is 1. The van der Waals surface area contributed by atoms with Crippen molar-refractivity contribution < 1.29 is 14.6 Å². The molecule has 1 aromatic carbocycles. The zero-order valence-electron chi connectivity index (χ0n) is 8.31. The summed E-state index contributed by atoms with van der Waals surface area (Å²) in [7, 11) is 0. The standard InChI is InChI=1S/C11H13NO3/c13-11(14)9-3-1-2-4-10(9)12-5-7-15-8-6-12/h1-4H,5-8H2,(H,13,14)/p-1. The third kappa shape index (κ3) is 2.10. The number of carbonyl (C=O) groups is 1. The van der Waals surface area contributed by atoms with E-state index in [0.717, 1.165) is 18.8 Å². The van der Waals surface area contributed by atoms with Gasteiger partial charge in [-0.1, -0.05) is 18.2 Å². The Morgan fingerprint density at radius 1 is 1.27 bits per heavy atom. The van der Waals surface area contributed by atoms with Crippen molar-refractivity contribution in [1.29, 1.82) is 0 Å². The van der Waals surface area contributed by atoms with Crippen molar-refractivity contribution >= 4 is 11.7 Å². The summed E-state index contributed by atoms with van der Waals surface area (Å²) in [5.41, 5.74) is 0.972. The first-order valence-corrected chi connectivity index (χ1v) is 4.92. The van der Waals surface area contributed by atoms with Crippen molar-refractivity contribution in [3.8, 4) is 0 Å². The Kier molecular flexibility index (Phi) is 2.87. The molecule has 0 aromatic heterocycles. The number of rotatable bonds is 2. The van der Waals surface area contributed by atoms with Crippen LogP contribution in [0.5, 0.6) is 0 Å². The van der Waals surface area contributed by atoms with Crippen LogP contribution < -0.4 is 10.0 Å². The number of carboxylic acids is 1. The van der Waals surface area contributed by atoms with E-state index in [2.05, 4.69) is 0 Å². The Hall–Kier alpha value is -1.55. The van der Waals surface area contributed by atoms with Crippen molar-refractivity contribution in [2.24, 2.45) is 0 Å². The van der Waals surface area contributed by atoms with Gasteiger partial charge in [0.05, 0.1) is 19.2 Å². The molecule has 4 nitrogen and oxygen atoms in total. The van der Waals surface area contributed by atoms with Crippen LogP contribution in [0.25, 0.3) is 0 Å². The number of hydrogen-bond donors (Lipinski definition) is 0. The van der Waals surface area contributed by atoms with E-state index in [4.69, 9.17) is 4.74 Å². The average Bonchev–Trinajstić information content (AvgIpc) is 2.30. The third-order valence-corrected chi connectivity index (χ3v) is 2.48. The second-order valence-electron chi connectivity index (χ2n) is 3.40. The molecule has 0 spiro atoms. The molecule has 0 atom stereocenters. The Morgan fingerprint density at radius 2 is 1.93 bits per heavy atom. The van der Waals surface area contributed by atoms with Gasteiger partial charge in [-0.05, 0) is 6.07 Å². The molecule has 15 heavy (non-hydrogen) atoms. The van der Waals surface area contributed by atoms with Gasteiger partial charge in [0.15, 0.2) is 0 Å². The highest BCUT2D eigenvalue weighted by atomic mass is 16.5. The van der Waals surface area contributed by atoms with Crippen molar-refractivity contribution in [1.82, 2.24) is 0 Å². The quantitative estimate of drug-likeness (QED) is 0.677. The summed E-state index contributed by atoms with van der Waals surface area (Å²) < 4.78 is 5.22. The summed E-state index contributed by atoms with van der Waals surface area (Å²) in [5.74, 6) is -1.13. The van der Waals surface area contributed by atoms with E-state index in [0.29, 0.717) is 13.2 Å². The summed E-state index contributed by atoms with van der Waals surface area (Å²) in [6.07, 6.45) is 0. The Bertz CT molecular complexity index is 359. The molecule has 0 amide bonds. The number of hydrogen-bond acceptors (Lipinski definition) is 4. The van der Waals surface area contributed by atoms with E-state index in [1.807, 2.05) is 11.0 Å². The molecule has 80 valence electrons. The average molecular weight is 206 g/mol. The number of benzene rings is 1. The summed E-state index contributed by atoms with van der Waals surface area (Å²) >= 11 is 0. The molecule has 0 radical (unpaired) electrons. The van der Waals surface area contributed by atoms with E-state index in [-0.39, 0.29) is 5.56 Å². The lowest BCUT2D eigenvalue weighted by Crippen LogP contribution is -2.38. The van der Waals surface area contributed by atoms with Crippen molar-refractivity contribution in [3.63, 3.8) is 0 Å². The molecule has 0 aliphatic carbocycles. The summed E-state index contributed by atoms with van der Waals surface area (Å²) in [6.45, 7) is 2.73. The SMILES string of the molecule is O=C([O-])c1ccccc1N1CCOCC1. The van der Waals surface area contributed by atoms with Crippen LogP contribution in [0.3, 0.4) is 0 Å². The molecule has 2 rings (SSSR count). The predicted molar refractivity (Wildman–Crippen MR) is 53.8 cm³/mol. The number of anilines is 1. The second kappa shape index (κ2) is 4.31. The maximum Gasteiger partial charge on any atom is 0.0736 e. The smallest absolute Gasteiger partial charge is 0.0736 e. The lowest BCUT2D eigenvalue weighted by atomic mass is 10.1. The largest absolute Gasteiger partial charge is 0.545 e. The molecule has 0 unspecified atom stereocenters. The molecule has 1 aromatic rings. The van der Waals surface area contributed by atoms with Crippen LogP contribution in [-0.4, -0.2) is 32.3 Å². The molecule has 0 saturated carbocycles. The summed E-state index contributed by atoms with van der Waals surface area (Å²) in [4.78, 5) is 12.9. The van der Waals surface area contributed by atoms with Crippen LogP contribution in [0.15, 0.2) is 24.3 Å². The van der Waals surface area contributed by atoms with Gasteiger partial charge in [0.25, 0.3) is 0 Å². The number of carbonyl (C=O) groups excluding carboxylic acids is 1. The summed E-state index contributed by atoms with van der Waals surface area (Å²) in [5, 5.41) is 10.9. The Morgan fingerprint density at radius 3 is 2.60 bits per heavy atom. The van der Waals surface area contributed by atoms with Crippen LogP contribution in [0, 0.1) is 0 Å². The van der Waals surface area contributed by atoms with Gasteiger partial charge in [0, 0.05) is 24.3 Å². The normalized spacial score (nSPS) is 16.4. The van der Waals surface area contributed by atoms with Gasteiger partial charge >= 0.3 is 0 Å². The Labute approximate surface area is 88.1 Å². The topological polar surface area (TPSA) is 52.6 Å². The van der Waals surface area contributed by atoms with E-state index < -0.39 is 5.97 Å². The monoisotopic (exact) mass is 206 g/mol. The van der Waals surface area contributed by atoms with E-state index in [9.17, 15) is 9.90 Å². The molecular formula is C11H12NO3-. The van der Waals surface area contributed by atoms with Gasteiger partial charge in [0.2, 0.25) is 0 Å². The Balaban J connectivity index is 2.29. The van der Waals surface area contributed by atoms with Crippen LogP contribution in [0.2, 0.25) is 0 Å². The fourth-order valence-electron chi connectivity index (χ4n) is 1.73. The molecule has 1 aliphatic heterocycles. The molecule has 1 aliphatic rings. The van der Waals surface area contributed by atoms with E-state index in [1.165, 1.54) is 0 Å². The maximum absolute atomic E-state index is 10.9. The van der Waals surface area contributed by atoms with Gasteiger partial charge in [-0.2, -0.15) is 0 Å². The minimum atomic E-state index is -1.13. The third-order valence-electron chi connectivity index (χ3n) is 2.48. The number of morpholine rings is 1. The lowest BCUT2D eigenvalue weighted by molar-refractivity contribution is -0.254. The first-order valence-electron chi connectivity index (χ1n) is 4.92. The highest BCUT2D eigenvalue weighted by molar-refractivity contribution is 5.93. The fourth-order valence-corrected chi connectivity index (χ4v) is 1.73. The fraction of sp³-hybridized carbons (Fsp3) is 0.364. The van der Waals surface area contributed by atoms with Gasteiger partial charge in [-0.15, -0.1) is 0 Å². The molecule has 1 saturated heterocycles. The molecule has 4 heteroatoms. The molecule has 1 fully saturated rings. The summed E-state index contributed by atoms with van der Waals surface area (Å²) in [6, 6.07) is 6.91. The van der Waals surface area contributed by atoms with Gasteiger partial charge in [-0.25, -0.2) is 0 Å². The lowest BCUT2D eigenvalue weighted by Gasteiger charge is -2.30. The minimum Gasteiger partial charge on any atom is -0.545 e. The zero-order chi connectivity index (χ0) is 10.7. The molecular weight excluding hydrogens is 194 g/mol. The second-order valence-corrected chi connectivity index (χ2v) is 3.40. The maximum atomic E-state index is 10.9. The minimum absolute atomic E-state index is 0.249. The van der Waals surface area contributed by atoms with Crippen molar-refractivity contribution in [3.05, 3.63) is 29.8 Å². The number of para-hydroxylation sites is 1. The highest BCUT2D eigenvalue weighted by Gasteiger charge is 2.14. The van der Waals surface area contributed by atoms with E-state index >= 15 is 0 Å². The van der Waals surface area contributed by atoms with Crippen LogP contribution in [0.4, 0.5) is 5.69 Å². The molecule has 0 bridgehead atoms. The highest BCUT2D eigenvalue weighted by Crippen LogP contribution is 2.20. The molecule has 0 N–H and O–H groups in total. The van der Waals surface area contributed by atoms with Gasteiger partial charge in [0.1, 0.15) is 0 Å². The molecule has 1 heterocycles. The number of aromatic carboxylic acids is 1. The van der Waals surface area contributed by atoms with Gasteiger partial charge in [-0.3, -0.25) is 0 Å². The first kappa shape index (κ1) is 9.98. The van der Waals surface area contributed by atoms with Crippen LogP contribution in [0.1, 0.15) is 10.4 Å². The van der Waals surface area contributed by atoms with Crippen LogP contribution >= 0.6 is 0 Å². The first-order chi connectivity index (χ1) is 7.29. The van der Waals surface area contributed by atoms with E-state index in [1.54, 1.807) is 18.2 Å². The number of nitrogens with zero attached hydrogens (tertiary/aromatic N) is 1. The predicted octanol–water partition coefficient (Wildman–Crippen LogP) is -0.113. The van der Waals surface area contributed by atoms with Crippen molar-refractivity contribution in [2.45, 2.75) is 0 Å². The van der Waals surface area contributed by atoms with Gasteiger partial charge < -0.3 is 19.5 Å². The van der Waals surface area contributed by atoms with Crippen LogP contribution in [-0.2, 0) is 4.74 Å². The zero-order valence-corrected chi connectivity index (χ0v) is 8.31.